The molecule has 1 unspecified atom stereocenters. The van der Waals surface area contributed by atoms with Crippen LogP contribution in [0, 0.1) is 0 Å². The van der Waals surface area contributed by atoms with E-state index in [0.717, 1.165) is 24.5 Å². The van der Waals surface area contributed by atoms with Crippen molar-refractivity contribution in [2.75, 3.05) is 7.05 Å². The highest BCUT2D eigenvalue weighted by molar-refractivity contribution is 5.79. The van der Waals surface area contributed by atoms with Crippen molar-refractivity contribution in [3.8, 4) is 0 Å². The summed E-state index contributed by atoms with van der Waals surface area (Å²) in [5.74, 6) is 0.821. The molecule has 0 saturated heterocycles. The number of aromatic nitrogens is 2. The van der Waals surface area contributed by atoms with Crippen LogP contribution in [0.5, 0.6) is 0 Å². The van der Waals surface area contributed by atoms with Crippen molar-refractivity contribution < 1.29 is 0 Å². The molecule has 0 amide bonds. The van der Waals surface area contributed by atoms with Crippen molar-refractivity contribution in [1.29, 1.82) is 0 Å². The summed E-state index contributed by atoms with van der Waals surface area (Å²) in [5, 5.41) is 10.9. The first kappa shape index (κ1) is 16.1. The zero-order chi connectivity index (χ0) is 15.8. The van der Waals surface area contributed by atoms with Gasteiger partial charge in [-0.3, -0.25) is 9.67 Å². The summed E-state index contributed by atoms with van der Waals surface area (Å²) in [7, 11) is 3.73. The van der Waals surface area contributed by atoms with Crippen LogP contribution >= 0.6 is 0 Å². The maximum absolute atomic E-state index is 4.28. The number of aryl methyl sites for hydroxylation is 2. The normalized spacial score (nSPS) is 13.0. The fraction of sp³-hybridized carbons (Fsp3) is 0.412. The molecule has 1 aromatic carbocycles. The molecule has 2 aromatic rings. The predicted molar refractivity (Wildman–Crippen MR) is 90.8 cm³/mol. The Morgan fingerprint density at radius 2 is 2.05 bits per heavy atom. The van der Waals surface area contributed by atoms with Crippen molar-refractivity contribution in [3.63, 3.8) is 0 Å². The Kier molecular flexibility index (Phi) is 6.01. The lowest BCUT2D eigenvalue weighted by atomic mass is 10.1. The minimum Gasteiger partial charge on any atom is -0.354 e. The molecule has 1 heterocycles. The number of rotatable bonds is 6. The first-order chi connectivity index (χ1) is 10.7. The maximum atomic E-state index is 4.28. The number of nitrogens with zero attached hydrogens (tertiary/aromatic N) is 3. The SMILES string of the molecule is CN=C(NCc1ccnn1C)NC(C)CCc1ccccc1. The first-order valence-electron chi connectivity index (χ1n) is 7.67. The molecule has 5 nitrogen and oxygen atoms in total. The number of nitrogens with one attached hydrogen (secondary N) is 2. The maximum Gasteiger partial charge on any atom is 0.191 e. The molecule has 0 aliphatic heterocycles. The molecular formula is C17H25N5. The van der Waals surface area contributed by atoms with Gasteiger partial charge < -0.3 is 10.6 Å². The third-order valence-corrected chi connectivity index (χ3v) is 3.67. The Morgan fingerprint density at radius 3 is 2.68 bits per heavy atom. The molecule has 2 rings (SSSR count). The molecule has 0 spiro atoms. The lowest BCUT2D eigenvalue weighted by Gasteiger charge is -2.18. The third kappa shape index (κ3) is 4.91. The van der Waals surface area contributed by atoms with E-state index in [1.807, 2.05) is 17.8 Å². The highest BCUT2D eigenvalue weighted by Crippen LogP contribution is 2.04. The second-order valence-electron chi connectivity index (χ2n) is 5.44. The zero-order valence-electron chi connectivity index (χ0n) is 13.6. The van der Waals surface area contributed by atoms with E-state index in [9.17, 15) is 0 Å². The summed E-state index contributed by atoms with van der Waals surface area (Å²) in [6, 6.07) is 12.9. The van der Waals surface area contributed by atoms with Crippen molar-refractivity contribution >= 4 is 5.96 Å². The average Bonchev–Trinajstić information content (AvgIpc) is 2.95. The van der Waals surface area contributed by atoms with Crippen LogP contribution in [-0.2, 0) is 20.0 Å². The van der Waals surface area contributed by atoms with Gasteiger partial charge in [0.1, 0.15) is 0 Å². The van der Waals surface area contributed by atoms with E-state index in [1.54, 1.807) is 13.2 Å². The van der Waals surface area contributed by atoms with Crippen molar-refractivity contribution in [1.82, 2.24) is 20.4 Å². The van der Waals surface area contributed by atoms with Gasteiger partial charge in [-0.25, -0.2) is 0 Å². The molecule has 0 fully saturated rings. The Bertz CT molecular complexity index is 588. The second kappa shape index (κ2) is 8.22. The van der Waals surface area contributed by atoms with Gasteiger partial charge in [0.25, 0.3) is 0 Å². The highest BCUT2D eigenvalue weighted by atomic mass is 15.3. The summed E-state index contributed by atoms with van der Waals surface area (Å²) in [4.78, 5) is 4.28. The smallest absolute Gasteiger partial charge is 0.191 e. The minimum absolute atomic E-state index is 0.359. The monoisotopic (exact) mass is 299 g/mol. The van der Waals surface area contributed by atoms with Crippen molar-refractivity contribution in [3.05, 3.63) is 53.9 Å². The molecule has 0 radical (unpaired) electrons. The molecule has 118 valence electrons. The van der Waals surface area contributed by atoms with Gasteiger partial charge in [0.05, 0.1) is 12.2 Å². The molecule has 1 atom stereocenters. The summed E-state index contributed by atoms with van der Waals surface area (Å²) >= 11 is 0. The van der Waals surface area contributed by atoms with Gasteiger partial charge >= 0.3 is 0 Å². The third-order valence-electron chi connectivity index (χ3n) is 3.67. The number of hydrogen-bond acceptors (Lipinski definition) is 2. The minimum atomic E-state index is 0.359. The Balaban J connectivity index is 1.76. The summed E-state index contributed by atoms with van der Waals surface area (Å²) in [6.07, 6.45) is 3.93. The van der Waals surface area contributed by atoms with Crippen molar-refractivity contribution in [2.24, 2.45) is 12.0 Å². The first-order valence-corrected chi connectivity index (χ1v) is 7.67. The predicted octanol–water partition coefficient (Wildman–Crippen LogP) is 2.11. The summed E-state index contributed by atoms with van der Waals surface area (Å²) in [6.45, 7) is 2.89. The van der Waals surface area contributed by atoms with Gasteiger partial charge in [-0.05, 0) is 31.4 Å². The van der Waals surface area contributed by atoms with Gasteiger partial charge in [-0.15, -0.1) is 0 Å². The standard InChI is InChI=1S/C17H25N5/c1-14(9-10-15-7-5-4-6-8-15)21-17(18-2)19-13-16-11-12-20-22(16)3/h4-8,11-12,14H,9-10,13H2,1-3H3,(H2,18,19,21). The average molecular weight is 299 g/mol. The molecule has 5 heteroatoms. The van der Waals surface area contributed by atoms with Gasteiger partial charge in [-0.1, -0.05) is 30.3 Å². The van der Waals surface area contributed by atoms with Crippen LogP contribution in [0.3, 0.4) is 0 Å². The summed E-state index contributed by atoms with van der Waals surface area (Å²) < 4.78 is 1.86. The zero-order valence-corrected chi connectivity index (χ0v) is 13.6. The number of benzene rings is 1. The van der Waals surface area contributed by atoms with Gasteiger partial charge in [0, 0.05) is 26.3 Å². The van der Waals surface area contributed by atoms with Crippen LogP contribution in [-0.4, -0.2) is 28.8 Å². The Hall–Kier alpha value is -2.30. The van der Waals surface area contributed by atoms with E-state index in [2.05, 4.69) is 58.0 Å². The molecule has 2 N–H and O–H groups in total. The van der Waals surface area contributed by atoms with E-state index in [0.29, 0.717) is 12.6 Å². The van der Waals surface area contributed by atoms with Crippen LogP contribution in [0.15, 0.2) is 47.6 Å². The molecule has 1 aromatic heterocycles. The van der Waals surface area contributed by atoms with E-state index in [1.165, 1.54) is 5.56 Å². The lowest BCUT2D eigenvalue weighted by molar-refractivity contribution is 0.589. The number of hydrogen-bond donors (Lipinski definition) is 2. The van der Waals surface area contributed by atoms with E-state index >= 15 is 0 Å². The van der Waals surface area contributed by atoms with Crippen LogP contribution < -0.4 is 10.6 Å². The van der Waals surface area contributed by atoms with E-state index < -0.39 is 0 Å². The quantitative estimate of drug-likeness (QED) is 0.634. The molecule has 0 bridgehead atoms. The van der Waals surface area contributed by atoms with Crippen LogP contribution in [0.4, 0.5) is 0 Å². The van der Waals surface area contributed by atoms with E-state index in [4.69, 9.17) is 0 Å². The van der Waals surface area contributed by atoms with Crippen LogP contribution in [0.25, 0.3) is 0 Å². The molecule has 0 saturated carbocycles. The topological polar surface area (TPSA) is 54.2 Å². The van der Waals surface area contributed by atoms with Gasteiger partial charge in [0.15, 0.2) is 5.96 Å². The molecule has 0 aliphatic rings. The summed E-state index contributed by atoms with van der Waals surface area (Å²) in [5.41, 5.74) is 2.49. The Labute approximate surface area is 132 Å². The Morgan fingerprint density at radius 1 is 1.27 bits per heavy atom. The molecular weight excluding hydrogens is 274 g/mol. The lowest BCUT2D eigenvalue weighted by Crippen LogP contribution is -2.42. The van der Waals surface area contributed by atoms with Crippen LogP contribution in [0.2, 0.25) is 0 Å². The largest absolute Gasteiger partial charge is 0.354 e. The van der Waals surface area contributed by atoms with E-state index in [-0.39, 0.29) is 0 Å². The molecule has 0 aliphatic carbocycles. The number of guanidine groups is 1. The van der Waals surface area contributed by atoms with Crippen LogP contribution in [0.1, 0.15) is 24.6 Å². The fourth-order valence-corrected chi connectivity index (χ4v) is 2.28. The highest BCUT2D eigenvalue weighted by Gasteiger charge is 2.06. The van der Waals surface area contributed by atoms with Gasteiger partial charge in [0.2, 0.25) is 0 Å². The fourth-order valence-electron chi connectivity index (χ4n) is 2.28. The number of aliphatic imine (C=N–C) groups is 1. The second-order valence-corrected chi connectivity index (χ2v) is 5.44. The van der Waals surface area contributed by atoms with Gasteiger partial charge in [-0.2, -0.15) is 5.10 Å². The molecule has 22 heavy (non-hydrogen) atoms. The van der Waals surface area contributed by atoms with Crippen molar-refractivity contribution in [2.45, 2.75) is 32.4 Å².